The molecule has 1 aliphatic heterocycles. The van der Waals surface area contributed by atoms with Crippen molar-refractivity contribution in [1.82, 2.24) is 34.9 Å². The molecule has 1 fully saturated rings. The van der Waals surface area contributed by atoms with E-state index in [0.29, 0.717) is 5.65 Å². The van der Waals surface area contributed by atoms with Gasteiger partial charge >= 0.3 is 0 Å². The van der Waals surface area contributed by atoms with Crippen molar-refractivity contribution >= 4 is 22.8 Å². The van der Waals surface area contributed by atoms with Gasteiger partial charge in [0.2, 0.25) is 0 Å². The second-order valence-corrected chi connectivity index (χ2v) is 6.71. The summed E-state index contributed by atoms with van der Waals surface area (Å²) in [6, 6.07) is 9.89. The van der Waals surface area contributed by atoms with Gasteiger partial charge in [-0.05, 0) is 19.1 Å². The zero-order chi connectivity index (χ0) is 18.9. The fourth-order valence-corrected chi connectivity index (χ4v) is 3.57. The lowest BCUT2D eigenvalue weighted by molar-refractivity contribution is 0.640. The van der Waals surface area contributed by atoms with Crippen LogP contribution >= 0.6 is 0 Å². The molecule has 0 saturated carbocycles. The van der Waals surface area contributed by atoms with E-state index in [2.05, 4.69) is 40.0 Å². The van der Waals surface area contributed by atoms with Crippen LogP contribution in [0.25, 0.3) is 16.9 Å². The number of hydrogen-bond donors (Lipinski definition) is 0. The molecule has 1 aromatic carbocycles. The van der Waals surface area contributed by atoms with Crippen molar-refractivity contribution in [3.05, 3.63) is 54.7 Å². The Morgan fingerprint density at radius 3 is 2.29 bits per heavy atom. The van der Waals surface area contributed by atoms with Crippen molar-refractivity contribution in [2.75, 3.05) is 36.0 Å². The van der Waals surface area contributed by atoms with Gasteiger partial charge in [-0.1, -0.05) is 23.4 Å². The minimum atomic E-state index is 0.713. The predicted molar refractivity (Wildman–Crippen MR) is 106 cm³/mol. The number of aryl methyl sites for hydroxylation is 1. The lowest BCUT2D eigenvalue weighted by atomic mass is 10.2. The summed E-state index contributed by atoms with van der Waals surface area (Å²) in [6.07, 6.45) is 5.04. The minimum Gasteiger partial charge on any atom is -0.353 e. The fourth-order valence-electron chi connectivity index (χ4n) is 3.57. The maximum Gasteiger partial charge on any atom is 0.189 e. The summed E-state index contributed by atoms with van der Waals surface area (Å²) in [5, 5.41) is 8.68. The first-order valence-corrected chi connectivity index (χ1v) is 9.19. The Morgan fingerprint density at radius 1 is 0.821 bits per heavy atom. The SMILES string of the molecule is Cc1cncnc1N1CCN(c2ncnc3c2nnn3-c2ccccc2)CC1. The first-order valence-electron chi connectivity index (χ1n) is 9.19. The normalized spacial score (nSPS) is 14.6. The highest BCUT2D eigenvalue weighted by atomic mass is 15.5. The van der Waals surface area contributed by atoms with Gasteiger partial charge in [0.25, 0.3) is 0 Å². The Bertz CT molecular complexity index is 1100. The molecule has 4 heterocycles. The molecule has 5 rings (SSSR count). The average Bonchev–Trinajstić information content (AvgIpc) is 3.19. The number of fused-ring (bicyclic) bond motifs is 1. The number of hydrogen-bond acceptors (Lipinski definition) is 8. The van der Waals surface area contributed by atoms with Gasteiger partial charge in [-0.2, -0.15) is 4.68 Å². The van der Waals surface area contributed by atoms with E-state index in [9.17, 15) is 0 Å². The Labute approximate surface area is 161 Å². The van der Waals surface area contributed by atoms with Crippen molar-refractivity contribution in [3.8, 4) is 5.69 Å². The van der Waals surface area contributed by atoms with Gasteiger partial charge in [0.05, 0.1) is 5.69 Å². The molecule has 9 heteroatoms. The Hall–Kier alpha value is -3.62. The molecule has 0 atom stereocenters. The topological polar surface area (TPSA) is 88.8 Å². The van der Waals surface area contributed by atoms with Gasteiger partial charge in [-0.3, -0.25) is 0 Å². The van der Waals surface area contributed by atoms with Crippen molar-refractivity contribution in [1.29, 1.82) is 0 Å². The molecule has 0 radical (unpaired) electrons. The molecular weight excluding hydrogens is 354 g/mol. The van der Waals surface area contributed by atoms with E-state index in [1.807, 2.05) is 43.5 Å². The maximum atomic E-state index is 4.51. The molecule has 3 aromatic heterocycles. The third kappa shape index (κ3) is 2.81. The highest BCUT2D eigenvalue weighted by molar-refractivity contribution is 5.83. The van der Waals surface area contributed by atoms with Crippen LogP contribution in [0.2, 0.25) is 0 Å². The largest absolute Gasteiger partial charge is 0.353 e. The molecule has 9 nitrogen and oxygen atoms in total. The molecule has 0 N–H and O–H groups in total. The average molecular weight is 373 g/mol. The van der Waals surface area contributed by atoms with Gasteiger partial charge in [0, 0.05) is 37.9 Å². The second kappa shape index (κ2) is 6.84. The lowest BCUT2D eigenvalue weighted by Gasteiger charge is -2.36. The minimum absolute atomic E-state index is 0.713. The van der Waals surface area contributed by atoms with Crippen LogP contribution in [0.3, 0.4) is 0 Å². The standard InChI is InChI=1S/C19H19N9/c1-14-11-20-12-21-17(14)26-7-9-27(10-8-26)18-16-19(23-13-22-18)28(25-24-16)15-5-3-2-4-6-15/h2-6,11-13H,7-10H2,1H3. The van der Waals surface area contributed by atoms with Crippen LogP contribution in [0.15, 0.2) is 49.2 Å². The van der Waals surface area contributed by atoms with Gasteiger partial charge in [-0.25, -0.2) is 19.9 Å². The Balaban J connectivity index is 1.42. The number of piperazine rings is 1. The number of nitrogens with zero attached hydrogens (tertiary/aromatic N) is 9. The zero-order valence-corrected chi connectivity index (χ0v) is 15.5. The van der Waals surface area contributed by atoms with Crippen molar-refractivity contribution in [2.45, 2.75) is 6.92 Å². The van der Waals surface area contributed by atoms with Crippen molar-refractivity contribution < 1.29 is 0 Å². The third-order valence-corrected chi connectivity index (χ3v) is 4.97. The fraction of sp³-hybridized carbons (Fsp3) is 0.263. The van der Waals surface area contributed by atoms with Gasteiger partial charge in [0.15, 0.2) is 17.0 Å². The smallest absolute Gasteiger partial charge is 0.189 e. The maximum absolute atomic E-state index is 4.51. The van der Waals surface area contributed by atoms with E-state index in [1.165, 1.54) is 0 Å². The second-order valence-electron chi connectivity index (χ2n) is 6.71. The molecule has 4 aromatic rings. The Kier molecular flexibility index (Phi) is 4.04. The molecule has 0 amide bonds. The first-order chi connectivity index (χ1) is 13.8. The summed E-state index contributed by atoms with van der Waals surface area (Å²) in [7, 11) is 0. The van der Waals surface area contributed by atoms with E-state index in [4.69, 9.17) is 0 Å². The summed E-state index contributed by atoms with van der Waals surface area (Å²) >= 11 is 0. The van der Waals surface area contributed by atoms with Crippen molar-refractivity contribution in [3.63, 3.8) is 0 Å². The van der Waals surface area contributed by atoms with E-state index in [0.717, 1.165) is 54.6 Å². The summed E-state index contributed by atoms with van der Waals surface area (Å²) in [5.74, 6) is 1.82. The number of para-hydroxylation sites is 1. The van der Waals surface area contributed by atoms with Gasteiger partial charge in [0.1, 0.15) is 18.5 Å². The highest BCUT2D eigenvalue weighted by Crippen LogP contribution is 2.25. The van der Waals surface area contributed by atoms with Crippen LogP contribution in [0.4, 0.5) is 11.6 Å². The number of anilines is 2. The van der Waals surface area contributed by atoms with Crippen LogP contribution in [-0.4, -0.2) is 61.1 Å². The molecule has 1 aliphatic rings. The monoisotopic (exact) mass is 373 g/mol. The van der Waals surface area contributed by atoms with E-state index in [1.54, 1.807) is 17.3 Å². The molecule has 0 unspecified atom stereocenters. The molecule has 1 saturated heterocycles. The van der Waals surface area contributed by atoms with Crippen LogP contribution < -0.4 is 9.80 Å². The number of rotatable bonds is 3. The lowest BCUT2D eigenvalue weighted by Crippen LogP contribution is -2.47. The Morgan fingerprint density at radius 2 is 1.54 bits per heavy atom. The summed E-state index contributed by atoms with van der Waals surface area (Å²) in [4.78, 5) is 22.0. The van der Waals surface area contributed by atoms with Crippen molar-refractivity contribution in [2.24, 2.45) is 0 Å². The number of benzene rings is 1. The van der Waals surface area contributed by atoms with Gasteiger partial charge in [-0.15, -0.1) is 5.10 Å². The third-order valence-electron chi connectivity index (χ3n) is 4.97. The van der Waals surface area contributed by atoms with Crippen LogP contribution in [-0.2, 0) is 0 Å². The molecule has 28 heavy (non-hydrogen) atoms. The summed E-state index contributed by atoms with van der Waals surface area (Å²) in [6.45, 7) is 5.41. The first kappa shape index (κ1) is 16.5. The highest BCUT2D eigenvalue weighted by Gasteiger charge is 2.23. The molecule has 0 aliphatic carbocycles. The van der Waals surface area contributed by atoms with E-state index < -0.39 is 0 Å². The summed E-state index contributed by atoms with van der Waals surface area (Å²) in [5.41, 5.74) is 3.45. The van der Waals surface area contributed by atoms with E-state index in [-0.39, 0.29) is 0 Å². The molecular formula is C19H19N9. The number of aromatic nitrogens is 7. The van der Waals surface area contributed by atoms with Crippen LogP contribution in [0.5, 0.6) is 0 Å². The predicted octanol–water partition coefficient (Wildman–Crippen LogP) is 1.64. The molecule has 140 valence electrons. The molecule has 0 spiro atoms. The quantitative estimate of drug-likeness (QED) is 0.535. The van der Waals surface area contributed by atoms with Crippen LogP contribution in [0, 0.1) is 6.92 Å². The van der Waals surface area contributed by atoms with Gasteiger partial charge < -0.3 is 9.80 Å². The van der Waals surface area contributed by atoms with E-state index >= 15 is 0 Å². The summed E-state index contributed by atoms with van der Waals surface area (Å²) < 4.78 is 1.75. The van der Waals surface area contributed by atoms with Crippen LogP contribution in [0.1, 0.15) is 5.56 Å². The zero-order valence-electron chi connectivity index (χ0n) is 15.5. The molecule has 0 bridgehead atoms.